The Balaban J connectivity index is 0.000000853. The Kier molecular flexibility index (Phi) is 2.84. The van der Waals surface area contributed by atoms with Crippen LogP contribution in [0.4, 0.5) is 4.79 Å². The van der Waals surface area contributed by atoms with Crippen LogP contribution in [0.1, 0.15) is 32.1 Å². The Bertz CT molecular complexity index is 241. The average molecular weight is 232 g/mol. The van der Waals surface area contributed by atoms with Crippen LogP contribution < -0.4 is 5.32 Å². The van der Waals surface area contributed by atoms with Crippen LogP contribution >= 0.6 is 12.4 Å². The van der Waals surface area contributed by atoms with E-state index in [1.807, 2.05) is 0 Å². The molecule has 2 N–H and O–H groups in total. The number of nitrogens with one attached hydrogen (secondary N) is 1. The minimum Gasteiger partial charge on any atom is -0.465 e. The maximum atomic E-state index is 10.7. The molecule has 0 aliphatic heterocycles. The van der Waals surface area contributed by atoms with Gasteiger partial charge in [-0.15, -0.1) is 12.4 Å². The minimum absolute atomic E-state index is 0. The van der Waals surface area contributed by atoms with Crippen molar-refractivity contribution in [1.29, 1.82) is 0 Å². The van der Waals surface area contributed by atoms with Crippen molar-refractivity contribution in [3.63, 3.8) is 0 Å². The highest BCUT2D eigenvalue weighted by Gasteiger charge is 2.48. The average Bonchev–Trinajstić information content (AvgIpc) is 2.09. The SMILES string of the molecule is Cl.O=C(O)NC1C2CC3CC(C2)CC1C3. The summed E-state index contributed by atoms with van der Waals surface area (Å²) in [5.41, 5.74) is 0. The molecule has 4 heteroatoms. The first-order valence-electron chi connectivity index (χ1n) is 5.72. The molecule has 0 spiro atoms. The highest BCUT2D eigenvalue weighted by Crippen LogP contribution is 2.53. The maximum absolute atomic E-state index is 10.7. The molecule has 3 nitrogen and oxygen atoms in total. The summed E-state index contributed by atoms with van der Waals surface area (Å²) < 4.78 is 0. The highest BCUT2D eigenvalue weighted by atomic mass is 35.5. The Morgan fingerprint density at radius 2 is 1.47 bits per heavy atom. The van der Waals surface area contributed by atoms with E-state index in [4.69, 9.17) is 5.11 Å². The summed E-state index contributed by atoms with van der Waals surface area (Å²) in [5, 5.41) is 11.5. The molecular formula is C11H18ClNO2. The number of carboxylic acid groups (broad SMARTS) is 1. The Morgan fingerprint density at radius 3 is 1.87 bits per heavy atom. The number of hydrogen-bond acceptors (Lipinski definition) is 1. The van der Waals surface area contributed by atoms with Crippen molar-refractivity contribution in [1.82, 2.24) is 5.32 Å². The van der Waals surface area contributed by atoms with Crippen molar-refractivity contribution in [2.24, 2.45) is 23.7 Å². The number of rotatable bonds is 1. The van der Waals surface area contributed by atoms with Crippen LogP contribution in [0.25, 0.3) is 0 Å². The van der Waals surface area contributed by atoms with E-state index in [-0.39, 0.29) is 18.4 Å². The van der Waals surface area contributed by atoms with Gasteiger partial charge < -0.3 is 10.4 Å². The molecule has 4 fully saturated rings. The van der Waals surface area contributed by atoms with E-state index < -0.39 is 6.09 Å². The quantitative estimate of drug-likeness (QED) is 0.729. The largest absolute Gasteiger partial charge is 0.465 e. The molecule has 4 aliphatic carbocycles. The lowest BCUT2D eigenvalue weighted by molar-refractivity contribution is -0.0118. The van der Waals surface area contributed by atoms with Crippen LogP contribution in [0, 0.1) is 23.7 Å². The molecule has 0 aromatic carbocycles. The van der Waals surface area contributed by atoms with Crippen molar-refractivity contribution < 1.29 is 9.90 Å². The summed E-state index contributed by atoms with van der Waals surface area (Å²) in [6.45, 7) is 0. The van der Waals surface area contributed by atoms with E-state index in [1.165, 1.54) is 32.1 Å². The van der Waals surface area contributed by atoms with Crippen LogP contribution in [-0.4, -0.2) is 17.2 Å². The highest BCUT2D eigenvalue weighted by molar-refractivity contribution is 5.85. The topological polar surface area (TPSA) is 49.3 Å². The lowest BCUT2D eigenvalue weighted by atomic mass is 9.54. The van der Waals surface area contributed by atoms with Crippen LogP contribution in [0.2, 0.25) is 0 Å². The number of amides is 1. The monoisotopic (exact) mass is 231 g/mol. The predicted molar refractivity (Wildman–Crippen MR) is 59.2 cm³/mol. The number of hydrogen-bond donors (Lipinski definition) is 2. The number of carbonyl (C=O) groups is 1. The summed E-state index contributed by atoms with van der Waals surface area (Å²) in [6.07, 6.45) is 5.70. The number of halogens is 1. The van der Waals surface area contributed by atoms with E-state index in [0.29, 0.717) is 11.8 Å². The molecule has 0 aromatic heterocycles. The molecule has 4 aliphatic rings. The van der Waals surface area contributed by atoms with Crippen molar-refractivity contribution in [2.45, 2.75) is 38.1 Å². The molecular weight excluding hydrogens is 214 g/mol. The molecule has 0 saturated heterocycles. The minimum atomic E-state index is -0.831. The van der Waals surface area contributed by atoms with Gasteiger partial charge in [0.1, 0.15) is 0 Å². The fourth-order valence-corrected chi connectivity index (χ4v) is 4.30. The normalized spacial score (nSPS) is 46.0. The molecule has 86 valence electrons. The van der Waals surface area contributed by atoms with Gasteiger partial charge in [-0.1, -0.05) is 0 Å². The van der Waals surface area contributed by atoms with Gasteiger partial charge in [-0.3, -0.25) is 0 Å². The van der Waals surface area contributed by atoms with Gasteiger partial charge in [0.15, 0.2) is 0 Å². The summed E-state index contributed by atoms with van der Waals surface area (Å²) in [6, 6.07) is 0.278. The molecule has 4 saturated carbocycles. The Morgan fingerprint density at radius 1 is 1.00 bits per heavy atom. The second-order valence-electron chi connectivity index (χ2n) is 5.41. The first kappa shape index (κ1) is 11.1. The van der Waals surface area contributed by atoms with Crippen LogP contribution in [0.3, 0.4) is 0 Å². The molecule has 0 unspecified atom stereocenters. The van der Waals surface area contributed by atoms with Crippen molar-refractivity contribution >= 4 is 18.5 Å². The van der Waals surface area contributed by atoms with Crippen LogP contribution in [-0.2, 0) is 0 Å². The zero-order valence-electron chi connectivity index (χ0n) is 8.69. The van der Waals surface area contributed by atoms with E-state index in [0.717, 1.165) is 11.8 Å². The third kappa shape index (κ3) is 1.82. The van der Waals surface area contributed by atoms with E-state index >= 15 is 0 Å². The summed E-state index contributed by atoms with van der Waals surface area (Å²) >= 11 is 0. The molecule has 1 amide bonds. The third-order valence-electron chi connectivity index (χ3n) is 4.52. The van der Waals surface area contributed by atoms with Crippen LogP contribution in [0.5, 0.6) is 0 Å². The lowest BCUT2D eigenvalue weighted by Crippen LogP contribution is -2.55. The van der Waals surface area contributed by atoms with E-state index in [2.05, 4.69) is 5.32 Å². The van der Waals surface area contributed by atoms with Crippen molar-refractivity contribution in [3.8, 4) is 0 Å². The van der Waals surface area contributed by atoms with Gasteiger partial charge in [0.25, 0.3) is 0 Å². The molecule has 4 bridgehead atoms. The fraction of sp³-hybridized carbons (Fsp3) is 0.909. The van der Waals surface area contributed by atoms with Crippen LogP contribution in [0.15, 0.2) is 0 Å². The lowest BCUT2D eigenvalue weighted by Gasteiger charge is -2.54. The van der Waals surface area contributed by atoms with Gasteiger partial charge >= 0.3 is 6.09 Å². The third-order valence-corrected chi connectivity index (χ3v) is 4.52. The molecule has 15 heavy (non-hydrogen) atoms. The van der Waals surface area contributed by atoms with Gasteiger partial charge in [-0.2, -0.15) is 0 Å². The van der Waals surface area contributed by atoms with Crippen molar-refractivity contribution in [3.05, 3.63) is 0 Å². The molecule has 0 heterocycles. The molecule has 0 aromatic rings. The Labute approximate surface area is 96.0 Å². The molecule has 4 rings (SSSR count). The zero-order chi connectivity index (χ0) is 9.71. The van der Waals surface area contributed by atoms with Gasteiger partial charge in [-0.25, -0.2) is 4.79 Å². The van der Waals surface area contributed by atoms with Gasteiger partial charge in [0.2, 0.25) is 0 Å². The Hall–Kier alpha value is -0.440. The zero-order valence-corrected chi connectivity index (χ0v) is 9.50. The molecule has 0 atom stereocenters. The summed E-state index contributed by atoms with van der Waals surface area (Å²) in [5.74, 6) is 3.15. The summed E-state index contributed by atoms with van der Waals surface area (Å²) in [4.78, 5) is 10.7. The van der Waals surface area contributed by atoms with E-state index in [1.54, 1.807) is 0 Å². The standard InChI is InChI=1S/C11H17NO2.ClH/c13-11(14)12-10-8-2-6-1-7(4-8)5-9(10)3-6;/h6-10,12H,1-5H2,(H,13,14);1H. The van der Waals surface area contributed by atoms with Crippen molar-refractivity contribution in [2.75, 3.05) is 0 Å². The van der Waals surface area contributed by atoms with Gasteiger partial charge in [0, 0.05) is 6.04 Å². The smallest absolute Gasteiger partial charge is 0.404 e. The van der Waals surface area contributed by atoms with Gasteiger partial charge in [0.05, 0.1) is 0 Å². The predicted octanol–water partition coefficient (Wildman–Crippen LogP) is 2.50. The second-order valence-corrected chi connectivity index (χ2v) is 5.41. The van der Waals surface area contributed by atoms with E-state index in [9.17, 15) is 4.79 Å². The first-order valence-corrected chi connectivity index (χ1v) is 5.72. The molecule has 0 radical (unpaired) electrons. The second kappa shape index (κ2) is 3.85. The maximum Gasteiger partial charge on any atom is 0.404 e. The fourth-order valence-electron chi connectivity index (χ4n) is 4.30. The van der Waals surface area contributed by atoms with Gasteiger partial charge in [-0.05, 0) is 55.8 Å². The first-order chi connectivity index (χ1) is 6.72. The summed E-state index contributed by atoms with van der Waals surface area (Å²) in [7, 11) is 0.